The molecule has 1 aromatic carbocycles. The molecule has 0 fully saturated rings. The minimum atomic E-state index is -4.54. The average molecular weight is 297 g/mol. The lowest BCUT2D eigenvalue weighted by atomic mass is 10.1. The summed E-state index contributed by atoms with van der Waals surface area (Å²) in [5, 5.41) is 2.83. The zero-order valence-electron chi connectivity index (χ0n) is 10.8. The van der Waals surface area contributed by atoms with Gasteiger partial charge >= 0.3 is 6.18 Å². The Bertz CT molecular complexity index is 682. The lowest BCUT2D eigenvalue weighted by Crippen LogP contribution is -2.16. The zero-order valence-corrected chi connectivity index (χ0v) is 10.8. The molecular formula is C14H11F4N3. The fraction of sp³-hybridized carbons (Fsp3) is 0.286. The van der Waals surface area contributed by atoms with Crippen LogP contribution in [0.3, 0.4) is 0 Å². The standard InChI is InChI=1S/C14H11F4N3/c15-10-4-2-1-3-8(10)5-12-20-11-7-19-6-9(11)13(21-12)14(16,17)18/h1-4,19H,5-7H2. The van der Waals surface area contributed by atoms with E-state index in [-0.39, 0.29) is 36.5 Å². The molecule has 3 rings (SSSR count). The molecule has 1 aliphatic heterocycles. The Morgan fingerprint density at radius 3 is 2.57 bits per heavy atom. The van der Waals surface area contributed by atoms with Gasteiger partial charge in [0.15, 0.2) is 5.69 Å². The number of nitrogens with one attached hydrogen (secondary N) is 1. The minimum Gasteiger partial charge on any atom is -0.307 e. The van der Waals surface area contributed by atoms with Crippen LogP contribution in [0.4, 0.5) is 17.6 Å². The summed E-state index contributed by atoms with van der Waals surface area (Å²) in [6.07, 6.45) is -4.61. The molecule has 0 saturated heterocycles. The Morgan fingerprint density at radius 2 is 1.86 bits per heavy atom. The van der Waals surface area contributed by atoms with Gasteiger partial charge in [0.25, 0.3) is 0 Å². The summed E-state index contributed by atoms with van der Waals surface area (Å²) in [7, 11) is 0. The molecule has 2 aromatic rings. The summed E-state index contributed by atoms with van der Waals surface area (Å²) in [5.41, 5.74) is -0.233. The lowest BCUT2D eigenvalue weighted by Gasteiger charge is -2.12. The fourth-order valence-electron chi connectivity index (χ4n) is 2.34. The van der Waals surface area contributed by atoms with Crippen LogP contribution in [-0.2, 0) is 25.7 Å². The third kappa shape index (κ3) is 2.73. The molecule has 0 unspecified atom stereocenters. The highest BCUT2D eigenvalue weighted by atomic mass is 19.4. The second kappa shape index (κ2) is 5.07. The molecule has 1 aromatic heterocycles. The van der Waals surface area contributed by atoms with Crippen molar-refractivity contribution >= 4 is 0 Å². The number of nitrogens with zero attached hydrogens (tertiary/aromatic N) is 2. The van der Waals surface area contributed by atoms with E-state index >= 15 is 0 Å². The maximum atomic E-state index is 13.6. The predicted molar refractivity (Wildman–Crippen MR) is 66.8 cm³/mol. The highest BCUT2D eigenvalue weighted by Crippen LogP contribution is 2.33. The van der Waals surface area contributed by atoms with E-state index in [0.717, 1.165) is 0 Å². The maximum Gasteiger partial charge on any atom is 0.433 e. The molecular weight excluding hydrogens is 286 g/mol. The number of aromatic nitrogens is 2. The number of halogens is 4. The number of fused-ring (bicyclic) bond motifs is 1. The summed E-state index contributed by atoms with van der Waals surface area (Å²) < 4.78 is 52.7. The molecule has 0 radical (unpaired) electrons. The van der Waals surface area contributed by atoms with Gasteiger partial charge in [-0.25, -0.2) is 14.4 Å². The molecule has 0 bridgehead atoms. The Labute approximate surface area is 118 Å². The van der Waals surface area contributed by atoms with Crippen LogP contribution < -0.4 is 5.32 Å². The lowest BCUT2D eigenvalue weighted by molar-refractivity contribution is -0.142. The molecule has 21 heavy (non-hydrogen) atoms. The van der Waals surface area contributed by atoms with E-state index in [0.29, 0.717) is 5.69 Å². The molecule has 0 atom stereocenters. The summed E-state index contributed by atoms with van der Waals surface area (Å²) >= 11 is 0. The normalized spacial score (nSPS) is 14.3. The van der Waals surface area contributed by atoms with Gasteiger partial charge in [0.2, 0.25) is 0 Å². The Morgan fingerprint density at radius 1 is 1.10 bits per heavy atom. The average Bonchev–Trinajstić information content (AvgIpc) is 2.87. The first-order valence-corrected chi connectivity index (χ1v) is 6.35. The second-order valence-electron chi connectivity index (χ2n) is 4.78. The van der Waals surface area contributed by atoms with Gasteiger partial charge in [-0.15, -0.1) is 0 Å². The zero-order chi connectivity index (χ0) is 15.0. The topological polar surface area (TPSA) is 37.8 Å². The van der Waals surface area contributed by atoms with Crippen LogP contribution in [0.2, 0.25) is 0 Å². The number of hydrogen-bond acceptors (Lipinski definition) is 3. The van der Waals surface area contributed by atoms with Crippen molar-refractivity contribution < 1.29 is 17.6 Å². The first-order chi connectivity index (χ1) is 9.95. The van der Waals surface area contributed by atoms with Gasteiger partial charge in [-0.3, -0.25) is 0 Å². The maximum absolute atomic E-state index is 13.6. The van der Waals surface area contributed by atoms with Crippen molar-refractivity contribution in [3.8, 4) is 0 Å². The first-order valence-electron chi connectivity index (χ1n) is 6.35. The molecule has 2 heterocycles. The fourth-order valence-corrected chi connectivity index (χ4v) is 2.34. The van der Waals surface area contributed by atoms with Crippen molar-refractivity contribution in [1.29, 1.82) is 0 Å². The molecule has 1 N–H and O–H groups in total. The van der Waals surface area contributed by atoms with E-state index < -0.39 is 17.7 Å². The highest BCUT2D eigenvalue weighted by Gasteiger charge is 2.38. The third-order valence-electron chi connectivity index (χ3n) is 3.31. The van der Waals surface area contributed by atoms with Gasteiger partial charge < -0.3 is 5.32 Å². The van der Waals surface area contributed by atoms with Crippen LogP contribution in [0.15, 0.2) is 24.3 Å². The minimum absolute atomic E-state index is 0.0186. The molecule has 7 heteroatoms. The molecule has 1 aliphatic rings. The van der Waals surface area contributed by atoms with E-state index in [1.807, 2.05) is 0 Å². The van der Waals surface area contributed by atoms with Crippen LogP contribution in [-0.4, -0.2) is 9.97 Å². The van der Waals surface area contributed by atoms with Crippen LogP contribution in [0.1, 0.15) is 28.3 Å². The molecule has 0 aliphatic carbocycles. The van der Waals surface area contributed by atoms with Crippen LogP contribution in [0.5, 0.6) is 0 Å². The molecule has 110 valence electrons. The van der Waals surface area contributed by atoms with E-state index in [1.54, 1.807) is 6.07 Å². The van der Waals surface area contributed by atoms with Crippen molar-refractivity contribution in [2.45, 2.75) is 25.7 Å². The third-order valence-corrected chi connectivity index (χ3v) is 3.31. The predicted octanol–water partition coefficient (Wildman–Crippen LogP) is 2.83. The van der Waals surface area contributed by atoms with E-state index in [1.165, 1.54) is 18.2 Å². The Balaban J connectivity index is 2.03. The number of alkyl halides is 3. The van der Waals surface area contributed by atoms with Gasteiger partial charge in [0, 0.05) is 25.1 Å². The van der Waals surface area contributed by atoms with Crippen molar-refractivity contribution in [3.63, 3.8) is 0 Å². The molecule has 0 spiro atoms. The second-order valence-corrected chi connectivity index (χ2v) is 4.78. The van der Waals surface area contributed by atoms with Gasteiger partial charge in [-0.2, -0.15) is 13.2 Å². The van der Waals surface area contributed by atoms with E-state index in [2.05, 4.69) is 15.3 Å². The van der Waals surface area contributed by atoms with E-state index in [9.17, 15) is 17.6 Å². The summed E-state index contributed by atoms with van der Waals surface area (Å²) in [6, 6.07) is 5.91. The molecule has 3 nitrogen and oxygen atoms in total. The highest BCUT2D eigenvalue weighted by molar-refractivity contribution is 5.32. The Kier molecular flexibility index (Phi) is 3.36. The van der Waals surface area contributed by atoms with Crippen LogP contribution in [0.25, 0.3) is 0 Å². The SMILES string of the molecule is Fc1ccccc1Cc1nc2c(c(C(F)(F)F)n1)CNC2. The quantitative estimate of drug-likeness (QED) is 0.866. The van der Waals surface area contributed by atoms with Crippen molar-refractivity contribution in [3.05, 3.63) is 58.4 Å². The number of benzene rings is 1. The molecule has 0 saturated carbocycles. The summed E-state index contributed by atoms with van der Waals surface area (Å²) in [6.45, 7) is 0.370. The summed E-state index contributed by atoms with van der Waals surface area (Å²) in [4.78, 5) is 7.73. The van der Waals surface area contributed by atoms with Crippen LogP contribution >= 0.6 is 0 Å². The van der Waals surface area contributed by atoms with Crippen LogP contribution in [0, 0.1) is 5.82 Å². The Hall–Kier alpha value is -2.02. The number of rotatable bonds is 2. The van der Waals surface area contributed by atoms with Gasteiger partial charge in [-0.05, 0) is 11.6 Å². The van der Waals surface area contributed by atoms with Crippen molar-refractivity contribution in [2.24, 2.45) is 0 Å². The largest absolute Gasteiger partial charge is 0.433 e. The monoisotopic (exact) mass is 297 g/mol. The molecule has 0 amide bonds. The number of hydrogen-bond donors (Lipinski definition) is 1. The van der Waals surface area contributed by atoms with Gasteiger partial charge in [-0.1, -0.05) is 18.2 Å². The first kappa shape index (κ1) is 13.9. The smallest absolute Gasteiger partial charge is 0.307 e. The van der Waals surface area contributed by atoms with E-state index in [4.69, 9.17) is 0 Å². The van der Waals surface area contributed by atoms with Crippen molar-refractivity contribution in [2.75, 3.05) is 0 Å². The summed E-state index contributed by atoms with van der Waals surface area (Å²) in [5.74, 6) is -0.497. The van der Waals surface area contributed by atoms with Crippen molar-refractivity contribution in [1.82, 2.24) is 15.3 Å². The van der Waals surface area contributed by atoms with Gasteiger partial charge in [0.05, 0.1) is 5.69 Å². The van der Waals surface area contributed by atoms with Gasteiger partial charge in [0.1, 0.15) is 11.6 Å².